The van der Waals surface area contributed by atoms with Crippen molar-refractivity contribution in [2.45, 2.75) is 49.3 Å². The Morgan fingerprint density at radius 2 is 1.86 bits per heavy atom. The maximum absolute atomic E-state index is 12.7. The van der Waals surface area contributed by atoms with E-state index in [1.54, 1.807) is 10.4 Å². The molecule has 1 aromatic rings. The van der Waals surface area contributed by atoms with E-state index in [4.69, 9.17) is 0 Å². The molecule has 3 rings (SSSR count). The summed E-state index contributed by atoms with van der Waals surface area (Å²) >= 11 is 1.27. The number of carbonyl (C=O) groups is 1. The molecule has 7 heteroatoms. The van der Waals surface area contributed by atoms with Gasteiger partial charge in [-0.1, -0.05) is 12.8 Å². The van der Waals surface area contributed by atoms with Crippen molar-refractivity contribution in [2.75, 3.05) is 13.1 Å². The summed E-state index contributed by atoms with van der Waals surface area (Å²) in [5.41, 5.74) is 0. The normalized spacial score (nSPS) is 20.5. The minimum atomic E-state index is -3.37. The Morgan fingerprint density at radius 1 is 1.18 bits per heavy atom. The third kappa shape index (κ3) is 3.70. The number of hydrogen-bond donors (Lipinski definition) is 1. The summed E-state index contributed by atoms with van der Waals surface area (Å²) in [6.07, 6.45) is 6.04. The summed E-state index contributed by atoms with van der Waals surface area (Å²) in [6, 6.07) is 3.48. The molecule has 1 saturated carbocycles. The van der Waals surface area contributed by atoms with Crippen LogP contribution in [0.3, 0.4) is 0 Å². The van der Waals surface area contributed by atoms with Gasteiger partial charge in [-0.2, -0.15) is 4.31 Å². The highest BCUT2D eigenvalue weighted by Gasteiger charge is 2.30. The van der Waals surface area contributed by atoms with Gasteiger partial charge in [-0.25, -0.2) is 8.42 Å². The number of amides is 1. The quantitative estimate of drug-likeness (QED) is 0.893. The number of sulfonamides is 1. The van der Waals surface area contributed by atoms with Gasteiger partial charge in [-0.3, -0.25) is 4.79 Å². The predicted octanol–water partition coefficient (Wildman–Crippen LogP) is 2.34. The molecule has 1 saturated heterocycles. The van der Waals surface area contributed by atoms with E-state index in [1.807, 2.05) is 6.07 Å². The van der Waals surface area contributed by atoms with Gasteiger partial charge in [-0.15, -0.1) is 11.3 Å². The molecule has 2 fully saturated rings. The van der Waals surface area contributed by atoms with Gasteiger partial charge in [0, 0.05) is 23.9 Å². The lowest BCUT2D eigenvalue weighted by Gasteiger charge is -2.18. The molecule has 0 spiro atoms. The van der Waals surface area contributed by atoms with Gasteiger partial charge < -0.3 is 5.32 Å². The lowest BCUT2D eigenvalue weighted by Crippen LogP contribution is -2.31. The molecule has 0 aromatic carbocycles. The van der Waals surface area contributed by atoms with Crippen molar-refractivity contribution in [3.8, 4) is 0 Å². The zero-order valence-corrected chi connectivity index (χ0v) is 14.2. The molecular weight excluding hydrogens is 320 g/mol. The Kier molecular flexibility index (Phi) is 4.84. The molecule has 0 radical (unpaired) electrons. The molecule has 1 N–H and O–H groups in total. The Bertz CT molecular complexity index is 627. The largest absolute Gasteiger partial charge is 0.351 e. The highest BCUT2D eigenvalue weighted by molar-refractivity contribution is 7.91. The average Bonchev–Trinajstić information content (AvgIpc) is 3.28. The van der Waals surface area contributed by atoms with E-state index < -0.39 is 10.0 Å². The molecule has 1 aliphatic heterocycles. The lowest BCUT2D eigenvalue weighted by atomic mass is 10.2. The van der Waals surface area contributed by atoms with Gasteiger partial charge in [0.05, 0.1) is 6.54 Å². The number of carbonyl (C=O) groups excluding carboxylic acids is 1. The fraction of sp³-hybridized carbons (Fsp3) is 0.667. The third-order valence-electron chi connectivity index (χ3n) is 4.18. The van der Waals surface area contributed by atoms with Crippen molar-refractivity contribution in [1.82, 2.24) is 9.62 Å². The van der Waals surface area contributed by atoms with E-state index in [-0.39, 0.29) is 11.8 Å². The Balaban J connectivity index is 1.64. The van der Waals surface area contributed by atoms with E-state index in [0.29, 0.717) is 23.8 Å². The summed E-state index contributed by atoms with van der Waals surface area (Å²) in [4.78, 5) is 12.5. The third-order valence-corrected chi connectivity index (χ3v) is 7.63. The minimum Gasteiger partial charge on any atom is -0.351 e. The molecule has 1 aliphatic carbocycles. The molecule has 2 heterocycles. The van der Waals surface area contributed by atoms with Gasteiger partial charge in [0.15, 0.2) is 0 Å². The second-order valence-corrected chi connectivity index (χ2v) is 9.36. The maximum Gasteiger partial charge on any atom is 0.252 e. The van der Waals surface area contributed by atoms with Crippen LogP contribution in [0.15, 0.2) is 16.3 Å². The van der Waals surface area contributed by atoms with Crippen LogP contribution in [0.1, 0.15) is 43.4 Å². The van der Waals surface area contributed by atoms with Crippen molar-refractivity contribution in [1.29, 1.82) is 0 Å². The number of nitrogens with zero attached hydrogens (tertiary/aromatic N) is 1. The van der Waals surface area contributed by atoms with Crippen LogP contribution in [0.5, 0.6) is 0 Å². The molecule has 22 heavy (non-hydrogen) atoms. The van der Waals surface area contributed by atoms with Crippen molar-refractivity contribution in [3.63, 3.8) is 0 Å². The van der Waals surface area contributed by atoms with E-state index in [1.165, 1.54) is 11.3 Å². The lowest BCUT2D eigenvalue weighted by molar-refractivity contribution is -0.122. The molecule has 2 aliphatic rings. The summed E-state index contributed by atoms with van der Waals surface area (Å²) < 4.78 is 27.3. The van der Waals surface area contributed by atoms with Crippen molar-refractivity contribution in [3.05, 3.63) is 17.0 Å². The first-order valence-corrected chi connectivity index (χ1v) is 10.2. The smallest absolute Gasteiger partial charge is 0.252 e. The molecule has 5 nitrogen and oxygen atoms in total. The van der Waals surface area contributed by atoms with Crippen LogP contribution < -0.4 is 5.32 Å². The number of hydrogen-bond acceptors (Lipinski definition) is 4. The van der Waals surface area contributed by atoms with Gasteiger partial charge in [0.1, 0.15) is 4.21 Å². The van der Waals surface area contributed by atoms with Crippen LogP contribution in [0.25, 0.3) is 0 Å². The number of nitrogens with one attached hydrogen (secondary N) is 1. The molecular formula is C15H22N2O3S2. The Labute approximate surface area is 135 Å². The molecule has 1 amide bonds. The number of rotatable bonds is 5. The van der Waals surface area contributed by atoms with Crippen molar-refractivity contribution < 1.29 is 13.2 Å². The molecule has 0 atom stereocenters. The zero-order chi connectivity index (χ0) is 15.6. The van der Waals surface area contributed by atoms with Crippen molar-refractivity contribution in [2.24, 2.45) is 5.92 Å². The predicted molar refractivity (Wildman–Crippen MR) is 86.1 cm³/mol. The SMILES string of the molecule is O=C(NCc1ccc(S(=O)(=O)N2CCCCCC2)s1)C1CC1. The highest BCUT2D eigenvalue weighted by atomic mass is 32.2. The van der Waals surface area contributed by atoms with Crippen LogP contribution in [0.4, 0.5) is 0 Å². The van der Waals surface area contributed by atoms with Gasteiger partial charge in [0.25, 0.3) is 10.0 Å². The molecule has 122 valence electrons. The molecule has 0 unspecified atom stereocenters. The van der Waals surface area contributed by atoms with Crippen LogP contribution in [0, 0.1) is 5.92 Å². The topological polar surface area (TPSA) is 66.5 Å². The number of thiophene rings is 1. The maximum atomic E-state index is 12.7. The first kappa shape index (κ1) is 16.0. The van der Waals surface area contributed by atoms with Crippen LogP contribution in [0.2, 0.25) is 0 Å². The standard InChI is InChI=1S/C15H22N2O3S2/c18-15(12-5-6-12)16-11-13-7-8-14(21-13)22(19,20)17-9-3-1-2-4-10-17/h7-8,12H,1-6,9-11H2,(H,16,18). The summed E-state index contributed by atoms with van der Waals surface area (Å²) in [6.45, 7) is 1.66. The zero-order valence-electron chi connectivity index (χ0n) is 12.6. The van der Waals surface area contributed by atoms with Gasteiger partial charge in [-0.05, 0) is 37.8 Å². The summed E-state index contributed by atoms with van der Waals surface area (Å²) in [7, 11) is -3.37. The molecule has 0 bridgehead atoms. The van der Waals surface area contributed by atoms with Crippen LogP contribution in [-0.2, 0) is 21.4 Å². The second kappa shape index (κ2) is 6.68. The van der Waals surface area contributed by atoms with Crippen LogP contribution >= 0.6 is 11.3 Å². The Hall–Kier alpha value is -0.920. The first-order chi connectivity index (χ1) is 10.6. The molecule has 1 aromatic heterocycles. The Morgan fingerprint density at radius 3 is 2.50 bits per heavy atom. The van der Waals surface area contributed by atoms with E-state index in [0.717, 1.165) is 43.4 Å². The fourth-order valence-corrected chi connectivity index (χ4v) is 5.63. The average molecular weight is 342 g/mol. The van der Waals surface area contributed by atoms with E-state index in [2.05, 4.69) is 5.32 Å². The van der Waals surface area contributed by atoms with Crippen LogP contribution in [-0.4, -0.2) is 31.7 Å². The van der Waals surface area contributed by atoms with Crippen molar-refractivity contribution >= 4 is 27.3 Å². The van der Waals surface area contributed by atoms with E-state index >= 15 is 0 Å². The van der Waals surface area contributed by atoms with E-state index in [9.17, 15) is 13.2 Å². The first-order valence-electron chi connectivity index (χ1n) is 7.94. The summed E-state index contributed by atoms with van der Waals surface area (Å²) in [5, 5.41) is 2.88. The van der Waals surface area contributed by atoms with Gasteiger partial charge >= 0.3 is 0 Å². The monoisotopic (exact) mass is 342 g/mol. The summed E-state index contributed by atoms with van der Waals surface area (Å²) in [5.74, 6) is 0.269. The highest BCUT2D eigenvalue weighted by Crippen LogP contribution is 2.30. The second-order valence-electron chi connectivity index (χ2n) is 6.03. The fourth-order valence-electron chi connectivity index (χ4n) is 2.67. The minimum absolute atomic E-state index is 0.0883. The van der Waals surface area contributed by atoms with Gasteiger partial charge in [0.2, 0.25) is 5.91 Å².